The molecule has 1 aromatic carbocycles. The highest BCUT2D eigenvalue weighted by Gasteiger charge is 2.21. The number of benzene rings is 1. The highest BCUT2D eigenvalue weighted by Crippen LogP contribution is 2.22. The highest BCUT2D eigenvalue weighted by atomic mass is 35.5. The van der Waals surface area contributed by atoms with E-state index in [0.29, 0.717) is 24.8 Å². The van der Waals surface area contributed by atoms with Crippen molar-refractivity contribution < 1.29 is 13.2 Å². The van der Waals surface area contributed by atoms with Crippen LogP contribution in [-0.4, -0.2) is 40.5 Å². The van der Waals surface area contributed by atoms with Gasteiger partial charge < -0.3 is 10.6 Å². The monoisotopic (exact) mass is 389 g/mol. The number of carbonyl (C=O) groups is 1. The Morgan fingerprint density at radius 1 is 1.28 bits per heavy atom. The van der Waals surface area contributed by atoms with Gasteiger partial charge >= 0.3 is 0 Å². The Bertz CT molecular complexity index is 619. The Balaban J connectivity index is 0.00000312. The zero-order chi connectivity index (χ0) is 17.4. The summed E-state index contributed by atoms with van der Waals surface area (Å²) in [5, 5.41) is 6.16. The summed E-state index contributed by atoms with van der Waals surface area (Å²) in [6, 6.07) is 8.21. The van der Waals surface area contributed by atoms with Gasteiger partial charge in [-0.3, -0.25) is 4.79 Å². The summed E-state index contributed by atoms with van der Waals surface area (Å²) in [6.07, 6.45) is 2.81. The van der Waals surface area contributed by atoms with Crippen molar-refractivity contribution in [3.05, 3.63) is 30.3 Å². The van der Waals surface area contributed by atoms with Crippen LogP contribution >= 0.6 is 12.4 Å². The van der Waals surface area contributed by atoms with Crippen LogP contribution < -0.4 is 15.4 Å². The molecule has 0 saturated carbocycles. The lowest BCUT2D eigenvalue weighted by Crippen LogP contribution is -2.37. The summed E-state index contributed by atoms with van der Waals surface area (Å²) < 4.78 is 26.6. The molecular formula is C17H28ClN3O3S. The molecule has 0 aromatic heterocycles. The number of hydrogen-bond donors (Lipinski definition) is 3. The lowest BCUT2D eigenvalue weighted by atomic mass is 9.85. The third-order valence-electron chi connectivity index (χ3n) is 4.44. The summed E-state index contributed by atoms with van der Waals surface area (Å²) in [5.41, 5.74) is 0. The van der Waals surface area contributed by atoms with Gasteiger partial charge in [-0.25, -0.2) is 13.1 Å². The normalized spacial score (nSPS) is 18.8. The number of piperidine rings is 1. The molecule has 6 nitrogen and oxygen atoms in total. The number of rotatable bonds is 8. The minimum Gasteiger partial charge on any atom is -0.355 e. The van der Waals surface area contributed by atoms with Gasteiger partial charge in [-0.2, -0.15) is 0 Å². The van der Waals surface area contributed by atoms with Crippen molar-refractivity contribution in [2.24, 2.45) is 11.8 Å². The Kier molecular flexibility index (Phi) is 9.42. The summed E-state index contributed by atoms with van der Waals surface area (Å²) in [5.74, 6) is 0.854. The van der Waals surface area contributed by atoms with Crippen molar-refractivity contribution in [3.63, 3.8) is 0 Å². The minimum absolute atomic E-state index is 0. The third-order valence-corrected chi connectivity index (χ3v) is 5.92. The van der Waals surface area contributed by atoms with E-state index in [1.54, 1.807) is 30.3 Å². The van der Waals surface area contributed by atoms with Crippen molar-refractivity contribution >= 4 is 28.3 Å². The molecule has 2 atom stereocenters. The van der Waals surface area contributed by atoms with Crippen molar-refractivity contribution in [1.29, 1.82) is 0 Å². The maximum atomic E-state index is 12.0. The van der Waals surface area contributed by atoms with E-state index in [2.05, 4.69) is 22.3 Å². The smallest absolute Gasteiger partial charge is 0.240 e. The lowest BCUT2D eigenvalue weighted by Gasteiger charge is -2.28. The van der Waals surface area contributed by atoms with Crippen LogP contribution in [0.15, 0.2) is 35.2 Å². The number of nitrogens with one attached hydrogen (secondary N) is 3. The van der Waals surface area contributed by atoms with E-state index in [-0.39, 0.29) is 29.8 Å². The molecule has 2 rings (SSSR count). The van der Waals surface area contributed by atoms with E-state index >= 15 is 0 Å². The standard InChI is InChI=1S/C17H27N3O3S.ClH/c1-14(15-6-5-9-18-13-15)12-17(21)19-10-11-20-24(22,23)16-7-3-2-4-8-16;/h2-4,7-8,14-15,18,20H,5-6,9-13H2,1H3,(H,19,21);1H. The van der Waals surface area contributed by atoms with E-state index < -0.39 is 10.0 Å². The molecule has 0 radical (unpaired) electrons. The molecule has 1 heterocycles. The van der Waals surface area contributed by atoms with Gasteiger partial charge in [0.05, 0.1) is 4.90 Å². The number of carbonyl (C=O) groups excluding carboxylic acids is 1. The van der Waals surface area contributed by atoms with Gasteiger partial charge in [0.1, 0.15) is 0 Å². The number of amides is 1. The van der Waals surface area contributed by atoms with E-state index in [0.717, 1.165) is 19.5 Å². The van der Waals surface area contributed by atoms with Crippen LogP contribution in [0.4, 0.5) is 0 Å². The molecule has 1 amide bonds. The molecule has 1 aromatic rings. The average Bonchev–Trinajstić information content (AvgIpc) is 2.60. The molecule has 1 saturated heterocycles. The van der Waals surface area contributed by atoms with Gasteiger partial charge in [0.2, 0.25) is 15.9 Å². The molecule has 1 aliphatic rings. The van der Waals surface area contributed by atoms with Gasteiger partial charge in [0, 0.05) is 19.5 Å². The van der Waals surface area contributed by atoms with Crippen LogP contribution in [0.2, 0.25) is 0 Å². The first-order valence-electron chi connectivity index (χ1n) is 8.51. The van der Waals surface area contributed by atoms with Crippen LogP contribution in [0.5, 0.6) is 0 Å². The fraction of sp³-hybridized carbons (Fsp3) is 0.588. The molecule has 142 valence electrons. The SMILES string of the molecule is CC(CC(=O)NCCNS(=O)(=O)c1ccccc1)C1CCCNC1.Cl. The maximum Gasteiger partial charge on any atom is 0.240 e. The van der Waals surface area contributed by atoms with Gasteiger partial charge in [-0.1, -0.05) is 25.1 Å². The van der Waals surface area contributed by atoms with Crippen LogP contribution in [0, 0.1) is 11.8 Å². The first-order chi connectivity index (χ1) is 11.5. The Labute approximate surface area is 156 Å². The van der Waals surface area contributed by atoms with Gasteiger partial charge in [-0.15, -0.1) is 12.4 Å². The van der Waals surface area contributed by atoms with E-state index in [9.17, 15) is 13.2 Å². The van der Waals surface area contributed by atoms with Gasteiger partial charge in [0.15, 0.2) is 0 Å². The summed E-state index contributed by atoms with van der Waals surface area (Å²) in [6.45, 7) is 4.63. The van der Waals surface area contributed by atoms with Crippen molar-refractivity contribution in [2.45, 2.75) is 31.1 Å². The van der Waals surface area contributed by atoms with Gasteiger partial charge in [-0.05, 0) is 49.9 Å². The van der Waals surface area contributed by atoms with Crippen LogP contribution in [0.1, 0.15) is 26.2 Å². The Morgan fingerprint density at radius 3 is 2.64 bits per heavy atom. The second-order valence-corrected chi connectivity index (χ2v) is 8.12. The summed E-state index contributed by atoms with van der Waals surface area (Å²) >= 11 is 0. The predicted octanol–water partition coefficient (Wildman–Crippen LogP) is 1.53. The summed E-state index contributed by atoms with van der Waals surface area (Å²) in [4.78, 5) is 12.2. The molecule has 0 spiro atoms. The van der Waals surface area contributed by atoms with Crippen molar-refractivity contribution in [1.82, 2.24) is 15.4 Å². The van der Waals surface area contributed by atoms with E-state index in [1.807, 2.05) is 0 Å². The number of hydrogen-bond acceptors (Lipinski definition) is 4. The second kappa shape index (κ2) is 10.8. The molecule has 3 N–H and O–H groups in total. The molecule has 0 bridgehead atoms. The van der Waals surface area contributed by atoms with Gasteiger partial charge in [0.25, 0.3) is 0 Å². The third kappa shape index (κ3) is 7.32. The zero-order valence-electron chi connectivity index (χ0n) is 14.5. The Morgan fingerprint density at radius 2 is 2.00 bits per heavy atom. The van der Waals surface area contributed by atoms with Crippen LogP contribution in [0.3, 0.4) is 0 Å². The molecule has 1 fully saturated rings. The fourth-order valence-corrected chi connectivity index (χ4v) is 4.02. The second-order valence-electron chi connectivity index (χ2n) is 6.35. The molecule has 8 heteroatoms. The van der Waals surface area contributed by atoms with Crippen LogP contribution in [0.25, 0.3) is 0 Å². The highest BCUT2D eigenvalue weighted by molar-refractivity contribution is 7.89. The molecule has 25 heavy (non-hydrogen) atoms. The Hall–Kier alpha value is -1.15. The number of halogens is 1. The van der Waals surface area contributed by atoms with E-state index in [4.69, 9.17) is 0 Å². The molecule has 2 unspecified atom stereocenters. The van der Waals surface area contributed by atoms with E-state index in [1.165, 1.54) is 6.42 Å². The fourth-order valence-electron chi connectivity index (χ4n) is 2.97. The average molecular weight is 390 g/mol. The van der Waals surface area contributed by atoms with Crippen molar-refractivity contribution in [3.8, 4) is 0 Å². The first kappa shape index (κ1) is 21.9. The first-order valence-corrected chi connectivity index (χ1v) is 9.99. The van der Waals surface area contributed by atoms with Crippen LogP contribution in [-0.2, 0) is 14.8 Å². The lowest BCUT2D eigenvalue weighted by molar-refractivity contribution is -0.122. The molecule has 1 aliphatic heterocycles. The maximum absolute atomic E-state index is 12.0. The number of sulfonamides is 1. The molecular weight excluding hydrogens is 362 g/mol. The predicted molar refractivity (Wildman–Crippen MR) is 101 cm³/mol. The molecule has 0 aliphatic carbocycles. The topological polar surface area (TPSA) is 87.3 Å². The van der Waals surface area contributed by atoms with Crippen molar-refractivity contribution in [2.75, 3.05) is 26.2 Å². The quantitative estimate of drug-likeness (QED) is 0.588. The zero-order valence-corrected chi connectivity index (χ0v) is 16.2. The summed E-state index contributed by atoms with van der Waals surface area (Å²) in [7, 11) is -3.51. The minimum atomic E-state index is -3.51. The largest absolute Gasteiger partial charge is 0.355 e.